The van der Waals surface area contributed by atoms with E-state index >= 15 is 0 Å². The minimum atomic E-state index is 0.623. The summed E-state index contributed by atoms with van der Waals surface area (Å²) in [5.41, 5.74) is 1.18. The zero-order valence-electron chi connectivity index (χ0n) is 9.97. The van der Waals surface area contributed by atoms with Gasteiger partial charge in [-0.25, -0.2) is 4.98 Å². The van der Waals surface area contributed by atoms with Crippen LogP contribution in [0, 0.1) is 6.92 Å². The molecule has 2 nitrogen and oxygen atoms in total. The monoisotopic (exact) mass is 215 g/mol. The van der Waals surface area contributed by atoms with Gasteiger partial charge in [-0.2, -0.15) is 0 Å². The summed E-state index contributed by atoms with van der Waals surface area (Å²) in [7, 11) is 0. The minimum absolute atomic E-state index is 0.623. The lowest BCUT2D eigenvalue weighted by molar-refractivity contribution is 0.462. The normalized spacial score (nSPS) is 8.94. The number of hydrogen-bond acceptors (Lipinski definition) is 2. The molecular formula is C14H17NO. The topological polar surface area (TPSA) is 22.1 Å². The molecule has 1 heterocycles. The first-order valence-electron chi connectivity index (χ1n) is 5.50. The Morgan fingerprint density at radius 3 is 2.44 bits per heavy atom. The van der Waals surface area contributed by atoms with E-state index in [-0.39, 0.29) is 0 Å². The molecule has 0 bridgehead atoms. The average Bonchev–Trinajstić information content (AvgIpc) is 2.33. The molecule has 0 spiro atoms. The highest BCUT2D eigenvalue weighted by molar-refractivity contribution is 5.30. The highest BCUT2D eigenvalue weighted by Crippen LogP contribution is 2.19. The lowest BCUT2D eigenvalue weighted by Crippen LogP contribution is -1.86. The second kappa shape index (κ2) is 6.62. The maximum atomic E-state index is 5.55. The quantitative estimate of drug-likeness (QED) is 0.748. The van der Waals surface area contributed by atoms with E-state index in [1.54, 1.807) is 6.20 Å². The van der Waals surface area contributed by atoms with E-state index in [1.165, 1.54) is 5.56 Å². The van der Waals surface area contributed by atoms with Crippen molar-refractivity contribution in [3.05, 3.63) is 54.2 Å². The third kappa shape index (κ3) is 3.73. The maximum Gasteiger partial charge on any atom is 0.219 e. The fourth-order valence-corrected chi connectivity index (χ4v) is 1.21. The number of rotatable bonds is 2. The molecule has 0 aliphatic carbocycles. The average molecular weight is 215 g/mol. The second-order valence-electron chi connectivity index (χ2n) is 3.09. The van der Waals surface area contributed by atoms with Crippen LogP contribution in [0.2, 0.25) is 0 Å². The molecule has 0 radical (unpaired) electrons. The molecule has 0 aliphatic heterocycles. The van der Waals surface area contributed by atoms with Gasteiger partial charge in [-0.05, 0) is 30.7 Å². The van der Waals surface area contributed by atoms with Crippen LogP contribution in [0.3, 0.4) is 0 Å². The van der Waals surface area contributed by atoms with Crippen LogP contribution in [0.4, 0.5) is 0 Å². The van der Waals surface area contributed by atoms with Crippen LogP contribution in [0.15, 0.2) is 48.7 Å². The van der Waals surface area contributed by atoms with Gasteiger partial charge in [-0.1, -0.05) is 32.0 Å². The van der Waals surface area contributed by atoms with E-state index in [1.807, 2.05) is 63.2 Å². The molecule has 0 N–H and O–H groups in total. The number of aromatic nitrogens is 1. The zero-order chi connectivity index (χ0) is 11.8. The van der Waals surface area contributed by atoms with Gasteiger partial charge in [0.1, 0.15) is 5.75 Å². The molecule has 0 saturated carbocycles. The zero-order valence-corrected chi connectivity index (χ0v) is 9.97. The van der Waals surface area contributed by atoms with Crippen LogP contribution in [0.1, 0.15) is 19.4 Å². The SMILES string of the molecule is CC.Cc1cccc(Oc2ccccn2)c1. The number of aryl methyl sites for hydroxylation is 1. The summed E-state index contributed by atoms with van der Waals surface area (Å²) < 4.78 is 5.55. The Morgan fingerprint density at radius 2 is 1.81 bits per heavy atom. The van der Waals surface area contributed by atoms with E-state index in [9.17, 15) is 0 Å². The van der Waals surface area contributed by atoms with Crippen molar-refractivity contribution in [3.8, 4) is 11.6 Å². The molecule has 0 aliphatic rings. The Bertz CT molecular complexity index is 412. The summed E-state index contributed by atoms with van der Waals surface area (Å²) in [5.74, 6) is 1.45. The molecule has 0 unspecified atom stereocenters. The molecule has 2 rings (SSSR count). The van der Waals surface area contributed by atoms with E-state index in [4.69, 9.17) is 4.74 Å². The predicted octanol–water partition coefficient (Wildman–Crippen LogP) is 4.21. The standard InChI is InChI=1S/C12H11NO.C2H6/c1-10-5-4-6-11(9-10)14-12-7-2-3-8-13-12;1-2/h2-9H,1H3;1-2H3. The number of nitrogens with zero attached hydrogens (tertiary/aromatic N) is 1. The first-order valence-corrected chi connectivity index (χ1v) is 5.50. The van der Waals surface area contributed by atoms with Crippen molar-refractivity contribution in [3.63, 3.8) is 0 Å². The summed E-state index contributed by atoms with van der Waals surface area (Å²) in [6.45, 7) is 6.03. The van der Waals surface area contributed by atoms with Gasteiger partial charge in [0.25, 0.3) is 0 Å². The smallest absolute Gasteiger partial charge is 0.219 e. The summed E-state index contributed by atoms with van der Waals surface area (Å²) in [5, 5.41) is 0. The number of hydrogen-bond donors (Lipinski definition) is 0. The van der Waals surface area contributed by atoms with Gasteiger partial charge in [-0.3, -0.25) is 0 Å². The lowest BCUT2D eigenvalue weighted by atomic mass is 10.2. The Balaban J connectivity index is 0.000000606. The van der Waals surface area contributed by atoms with Crippen molar-refractivity contribution in [2.75, 3.05) is 0 Å². The van der Waals surface area contributed by atoms with Crippen LogP contribution < -0.4 is 4.74 Å². The Kier molecular flexibility index (Phi) is 5.06. The molecule has 0 atom stereocenters. The van der Waals surface area contributed by atoms with Crippen LogP contribution in [0.25, 0.3) is 0 Å². The van der Waals surface area contributed by atoms with Gasteiger partial charge in [0.2, 0.25) is 5.88 Å². The van der Waals surface area contributed by atoms with Gasteiger partial charge in [0, 0.05) is 12.3 Å². The van der Waals surface area contributed by atoms with Crippen LogP contribution in [-0.2, 0) is 0 Å². The fraction of sp³-hybridized carbons (Fsp3) is 0.214. The third-order valence-corrected chi connectivity index (χ3v) is 1.85. The number of ether oxygens (including phenoxy) is 1. The summed E-state index contributed by atoms with van der Waals surface area (Å²) in [6.07, 6.45) is 1.71. The fourth-order valence-electron chi connectivity index (χ4n) is 1.21. The Morgan fingerprint density at radius 1 is 1.00 bits per heavy atom. The highest BCUT2D eigenvalue weighted by Gasteiger charge is 1.96. The molecule has 2 heteroatoms. The van der Waals surface area contributed by atoms with Crippen molar-refractivity contribution in [1.82, 2.24) is 4.98 Å². The maximum absolute atomic E-state index is 5.55. The van der Waals surface area contributed by atoms with Gasteiger partial charge in [-0.15, -0.1) is 0 Å². The van der Waals surface area contributed by atoms with Gasteiger partial charge >= 0.3 is 0 Å². The first kappa shape index (κ1) is 12.2. The molecule has 0 saturated heterocycles. The first-order chi connectivity index (χ1) is 7.84. The number of benzene rings is 1. The number of pyridine rings is 1. The second-order valence-corrected chi connectivity index (χ2v) is 3.09. The Labute approximate surface area is 96.9 Å². The van der Waals surface area contributed by atoms with Crippen molar-refractivity contribution >= 4 is 0 Å². The summed E-state index contributed by atoms with van der Waals surface area (Å²) in [6, 6.07) is 13.5. The molecule has 0 amide bonds. The van der Waals surface area contributed by atoms with Crippen molar-refractivity contribution in [2.45, 2.75) is 20.8 Å². The predicted molar refractivity (Wildman–Crippen MR) is 66.8 cm³/mol. The molecular weight excluding hydrogens is 198 g/mol. The molecule has 1 aromatic carbocycles. The van der Waals surface area contributed by atoms with E-state index in [0.29, 0.717) is 5.88 Å². The van der Waals surface area contributed by atoms with Crippen molar-refractivity contribution in [2.24, 2.45) is 0 Å². The van der Waals surface area contributed by atoms with Crippen LogP contribution in [-0.4, -0.2) is 4.98 Å². The van der Waals surface area contributed by atoms with E-state index < -0.39 is 0 Å². The summed E-state index contributed by atoms with van der Waals surface area (Å²) >= 11 is 0. The van der Waals surface area contributed by atoms with Gasteiger partial charge in [0.15, 0.2) is 0 Å². The largest absolute Gasteiger partial charge is 0.439 e. The van der Waals surface area contributed by atoms with Crippen molar-refractivity contribution < 1.29 is 4.74 Å². The molecule has 84 valence electrons. The van der Waals surface area contributed by atoms with Crippen molar-refractivity contribution in [1.29, 1.82) is 0 Å². The van der Waals surface area contributed by atoms with Gasteiger partial charge < -0.3 is 4.74 Å². The van der Waals surface area contributed by atoms with Crippen LogP contribution in [0.5, 0.6) is 11.6 Å². The van der Waals surface area contributed by atoms with E-state index in [0.717, 1.165) is 5.75 Å². The van der Waals surface area contributed by atoms with Gasteiger partial charge in [0.05, 0.1) is 0 Å². The third-order valence-electron chi connectivity index (χ3n) is 1.85. The minimum Gasteiger partial charge on any atom is -0.439 e. The van der Waals surface area contributed by atoms with E-state index in [2.05, 4.69) is 4.98 Å². The molecule has 2 aromatic rings. The Hall–Kier alpha value is -1.83. The molecule has 0 fully saturated rings. The highest BCUT2D eigenvalue weighted by atomic mass is 16.5. The molecule has 1 aromatic heterocycles. The summed E-state index contributed by atoms with van der Waals surface area (Å²) in [4.78, 5) is 4.08. The lowest BCUT2D eigenvalue weighted by Gasteiger charge is -2.04. The van der Waals surface area contributed by atoms with Crippen LogP contribution >= 0.6 is 0 Å². The molecule has 16 heavy (non-hydrogen) atoms.